The number of ketones is 1. The smallest absolute Gasteiger partial charge is 0.220 e. The van der Waals surface area contributed by atoms with Crippen LogP contribution in [0.2, 0.25) is 10.0 Å². The van der Waals surface area contributed by atoms with Crippen LogP contribution in [0.4, 0.5) is 0 Å². The molecule has 0 aliphatic heterocycles. The van der Waals surface area contributed by atoms with Gasteiger partial charge in [0.15, 0.2) is 5.78 Å². The standard InChI is InChI=1S/C16H15Cl2NO2S/c1-10(12-5-4-11(17)9-13(12)18)19-16(21)7-6-14(20)15-3-2-8-22-15/h2-5,8-10H,6-7H2,1H3,(H,19,21)/t10-/m0/s1. The second kappa shape index (κ2) is 7.77. The lowest BCUT2D eigenvalue weighted by Gasteiger charge is -2.15. The number of hydrogen-bond acceptors (Lipinski definition) is 3. The molecule has 0 aliphatic carbocycles. The van der Waals surface area contributed by atoms with E-state index in [1.807, 2.05) is 18.4 Å². The van der Waals surface area contributed by atoms with Gasteiger partial charge in [-0.15, -0.1) is 11.3 Å². The summed E-state index contributed by atoms with van der Waals surface area (Å²) in [4.78, 5) is 24.5. The Labute approximate surface area is 143 Å². The maximum atomic E-state index is 11.9. The Kier molecular flexibility index (Phi) is 6.00. The van der Waals surface area contributed by atoms with Gasteiger partial charge in [0.1, 0.15) is 0 Å². The molecule has 22 heavy (non-hydrogen) atoms. The van der Waals surface area contributed by atoms with Crippen LogP contribution in [-0.4, -0.2) is 11.7 Å². The first-order chi connectivity index (χ1) is 10.5. The van der Waals surface area contributed by atoms with Crippen LogP contribution in [-0.2, 0) is 4.79 Å². The predicted molar refractivity (Wildman–Crippen MR) is 90.9 cm³/mol. The fourth-order valence-corrected chi connectivity index (χ4v) is 3.30. The van der Waals surface area contributed by atoms with Crippen molar-refractivity contribution in [2.24, 2.45) is 0 Å². The lowest BCUT2D eigenvalue weighted by Crippen LogP contribution is -2.27. The number of halogens is 2. The average molecular weight is 356 g/mol. The van der Waals surface area contributed by atoms with Crippen molar-refractivity contribution in [2.75, 3.05) is 0 Å². The van der Waals surface area contributed by atoms with Crippen LogP contribution in [0, 0.1) is 0 Å². The fourth-order valence-electron chi connectivity index (χ4n) is 2.03. The first-order valence-corrected chi connectivity index (χ1v) is 8.42. The van der Waals surface area contributed by atoms with E-state index in [4.69, 9.17) is 23.2 Å². The molecule has 1 atom stereocenters. The summed E-state index contributed by atoms with van der Waals surface area (Å²) < 4.78 is 0. The van der Waals surface area contributed by atoms with E-state index >= 15 is 0 Å². The molecule has 1 amide bonds. The van der Waals surface area contributed by atoms with E-state index in [1.54, 1.807) is 24.3 Å². The first kappa shape index (κ1) is 17.0. The monoisotopic (exact) mass is 355 g/mol. The van der Waals surface area contributed by atoms with Crippen LogP contribution in [0.25, 0.3) is 0 Å². The molecule has 0 spiro atoms. The van der Waals surface area contributed by atoms with Gasteiger partial charge in [0.05, 0.1) is 10.9 Å². The molecule has 1 N–H and O–H groups in total. The second-order valence-corrected chi connectivity index (χ2v) is 6.65. The molecule has 2 aromatic rings. The normalized spacial score (nSPS) is 12.0. The highest BCUT2D eigenvalue weighted by molar-refractivity contribution is 7.12. The lowest BCUT2D eigenvalue weighted by molar-refractivity contribution is -0.121. The Morgan fingerprint density at radius 1 is 1.23 bits per heavy atom. The predicted octanol–water partition coefficient (Wildman–Crippen LogP) is 4.90. The van der Waals surface area contributed by atoms with E-state index in [2.05, 4.69) is 5.32 Å². The molecule has 0 saturated carbocycles. The molecule has 0 unspecified atom stereocenters. The van der Waals surface area contributed by atoms with Crippen molar-refractivity contribution in [3.63, 3.8) is 0 Å². The molecule has 3 nitrogen and oxygen atoms in total. The van der Waals surface area contributed by atoms with Crippen LogP contribution < -0.4 is 5.32 Å². The highest BCUT2D eigenvalue weighted by atomic mass is 35.5. The van der Waals surface area contributed by atoms with Gasteiger partial charge < -0.3 is 5.32 Å². The zero-order valence-electron chi connectivity index (χ0n) is 11.9. The van der Waals surface area contributed by atoms with Crippen molar-refractivity contribution >= 4 is 46.2 Å². The van der Waals surface area contributed by atoms with Crippen molar-refractivity contribution < 1.29 is 9.59 Å². The summed E-state index contributed by atoms with van der Waals surface area (Å²) >= 11 is 13.4. The molecule has 0 bridgehead atoms. The maximum absolute atomic E-state index is 11.9. The quantitative estimate of drug-likeness (QED) is 0.749. The van der Waals surface area contributed by atoms with Crippen molar-refractivity contribution in [2.45, 2.75) is 25.8 Å². The third-order valence-electron chi connectivity index (χ3n) is 3.18. The SMILES string of the molecule is C[C@H](NC(=O)CCC(=O)c1cccs1)c1ccc(Cl)cc1Cl. The Balaban J connectivity index is 1.87. The zero-order valence-corrected chi connectivity index (χ0v) is 14.3. The summed E-state index contributed by atoms with van der Waals surface area (Å²) in [7, 11) is 0. The molecule has 0 aliphatic rings. The van der Waals surface area contributed by atoms with Gasteiger partial charge in [0.25, 0.3) is 0 Å². The van der Waals surface area contributed by atoms with Crippen LogP contribution in [0.15, 0.2) is 35.7 Å². The molecule has 0 radical (unpaired) electrons. The Morgan fingerprint density at radius 2 is 2.00 bits per heavy atom. The zero-order chi connectivity index (χ0) is 16.1. The van der Waals surface area contributed by atoms with Gasteiger partial charge in [0, 0.05) is 22.9 Å². The van der Waals surface area contributed by atoms with Gasteiger partial charge >= 0.3 is 0 Å². The van der Waals surface area contributed by atoms with Crippen LogP contribution in [0.1, 0.15) is 41.0 Å². The van der Waals surface area contributed by atoms with Crippen molar-refractivity contribution in [3.05, 3.63) is 56.2 Å². The number of hydrogen-bond donors (Lipinski definition) is 1. The van der Waals surface area contributed by atoms with E-state index in [1.165, 1.54) is 11.3 Å². The van der Waals surface area contributed by atoms with E-state index in [0.717, 1.165) is 5.56 Å². The topological polar surface area (TPSA) is 46.2 Å². The Bertz CT molecular complexity index is 671. The molecule has 0 fully saturated rings. The third kappa shape index (κ3) is 4.57. The molecule has 1 heterocycles. The highest BCUT2D eigenvalue weighted by Crippen LogP contribution is 2.26. The third-order valence-corrected chi connectivity index (χ3v) is 4.65. The minimum Gasteiger partial charge on any atom is -0.350 e. The molecule has 6 heteroatoms. The van der Waals surface area contributed by atoms with Gasteiger partial charge in [-0.25, -0.2) is 0 Å². The lowest BCUT2D eigenvalue weighted by atomic mass is 10.1. The Morgan fingerprint density at radius 3 is 2.64 bits per heavy atom. The van der Waals surface area contributed by atoms with Gasteiger partial charge in [0.2, 0.25) is 5.91 Å². The number of nitrogens with one attached hydrogen (secondary N) is 1. The van der Waals surface area contributed by atoms with Gasteiger partial charge in [-0.3, -0.25) is 9.59 Å². The second-order valence-electron chi connectivity index (χ2n) is 4.86. The van der Waals surface area contributed by atoms with E-state index in [-0.39, 0.29) is 30.6 Å². The number of amides is 1. The van der Waals surface area contributed by atoms with Crippen molar-refractivity contribution in [1.29, 1.82) is 0 Å². The molecular formula is C16H15Cl2NO2S. The maximum Gasteiger partial charge on any atom is 0.220 e. The summed E-state index contributed by atoms with van der Waals surface area (Å²) in [6.45, 7) is 1.84. The average Bonchev–Trinajstić information content (AvgIpc) is 2.98. The van der Waals surface area contributed by atoms with Crippen molar-refractivity contribution in [1.82, 2.24) is 5.32 Å². The van der Waals surface area contributed by atoms with Crippen LogP contribution in [0.5, 0.6) is 0 Å². The number of carbonyl (C=O) groups is 2. The molecule has 116 valence electrons. The Hall–Kier alpha value is -1.36. The summed E-state index contributed by atoms with van der Waals surface area (Å²) in [5, 5.41) is 5.75. The molecule has 1 aromatic heterocycles. The van der Waals surface area contributed by atoms with Crippen LogP contribution in [0.3, 0.4) is 0 Å². The van der Waals surface area contributed by atoms with Gasteiger partial charge in [-0.1, -0.05) is 35.3 Å². The highest BCUT2D eigenvalue weighted by Gasteiger charge is 2.15. The summed E-state index contributed by atoms with van der Waals surface area (Å²) in [6.07, 6.45) is 0.361. The summed E-state index contributed by atoms with van der Waals surface area (Å²) in [6, 6.07) is 8.50. The summed E-state index contributed by atoms with van der Waals surface area (Å²) in [5.41, 5.74) is 0.795. The molecule has 2 rings (SSSR count). The van der Waals surface area contributed by atoms with Crippen molar-refractivity contribution in [3.8, 4) is 0 Å². The summed E-state index contributed by atoms with van der Waals surface area (Å²) in [5.74, 6) is -0.189. The minimum absolute atomic E-state index is 0.0117. The van der Waals surface area contributed by atoms with Gasteiger partial charge in [-0.05, 0) is 36.1 Å². The number of Topliss-reactive ketones (excluding diaryl/α,β-unsaturated/α-hetero) is 1. The van der Waals surface area contributed by atoms with E-state index in [9.17, 15) is 9.59 Å². The number of benzene rings is 1. The number of thiophene rings is 1. The number of carbonyl (C=O) groups excluding carboxylic acids is 2. The van der Waals surface area contributed by atoms with E-state index in [0.29, 0.717) is 14.9 Å². The molecule has 1 aromatic carbocycles. The number of rotatable bonds is 6. The largest absolute Gasteiger partial charge is 0.350 e. The van der Waals surface area contributed by atoms with Crippen LogP contribution >= 0.6 is 34.5 Å². The van der Waals surface area contributed by atoms with Gasteiger partial charge in [-0.2, -0.15) is 0 Å². The first-order valence-electron chi connectivity index (χ1n) is 6.78. The fraction of sp³-hybridized carbons (Fsp3) is 0.250. The molecule has 0 saturated heterocycles. The minimum atomic E-state index is -0.242. The van der Waals surface area contributed by atoms with E-state index < -0.39 is 0 Å². The molecular weight excluding hydrogens is 341 g/mol.